The first-order chi connectivity index (χ1) is 12.1. The maximum atomic E-state index is 13.7. The molecule has 138 valence electrons. The lowest BCUT2D eigenvalue weighted by Crippen LogP contribution is -2.21. The van der Waals surface area contributed by atoms with E-state index in [0.717, 1.165) is 18.4 Å². The summed E-state index contributed by atoms with van der Waals surface area (Å²) in [6, 6.07) is 7.58. The zero-order valence-electron chi connectivity index (χ0n) is 13.3. The van der Waals surface area contributed by atoms with E-state index in [1.54, 1.807) is 0 Å². The van der Waals surface area contributed by atoms with E-state index >= 15 is 0 Å². The van der Waals surface area contributed by atoms with Gasteiger partial charge in [-0.25, -0.2) is 17.6 Å². The maximum Gasteiger partial charge on any atom is 0.340 e. The molecule has 0 radical (unpaired) electrons. The monoisotopic (exact) mass is 463 g/mol. The number of rotatable bonds is 5. The summed E-state index contributed by atoms with van der Waals surface area (Å²) in [5.74, 6) is -2.41. The summed E-state index contributed by atoms with van der Waals surface area (Å²) < 4.78 is 42.1. The van der Waals surface area contributed by atoms with E-state index in [2.05, 4.69) is 21.2 Å². The van der Waals surface area contributed by atoms with Gasteiger partial charge in [0.05, 0.1) is 21.2 Å². The van der Waals surface area contributed by atoms with E-state index in [0.29, 0.717) is 4.47 Å². The molecule has 0 aromatic heterocycles. The first-order valence-electron chi connectivity index (χ1n) is 6.99. The summed E-state index contributed by atoms with van der Waals surface area (Å²) in [5.41, 5.74) is -0.274. The fourth-order valence-corrected chi connectivity index (χ4v) is 3.05. The van der Waals surface area contributed by atoms with E-state index in [1.165, 1.54) is 24.3 Å². The molecule has 2 rings (SSSR count). The number of sulfone groups is 1. The lowest BCUT2D eigenvalue weighted by Gasteiger charge is -2.09. The average Bonchev–Trinajstić information content (AvgIpc) is 2.54. The van der Waals surface area contributed by atoms with Crippen LogP contribution in [-0.2, 0) is 19.4 Å². The average molecular weight is 465 g/mol. The molecule has 1 N–H and O–H groups in total. The SMILES string of the molecule is CS(=O)(=O)c1ccc(Cl)c(C(=O)OCC(=O)Nc2ccc(Br)cc2F)c1. The smallest absolute Gasteiger partial charge is 0.340 e. The standard InChI is InChI=1S/C16H12BrClFNO5S/c1-26(23,24)10-3-4-12(18)11(7-10)16(22)25-8-15(21)20-14-5-2-9(17)6-13(14)19/h2-7H,8H2,1H3,(H,20,21). The fraction of sp³-hybridized carbons (Fsp3) is 0.125. The Bertz CT molecular complexity index is 981. The van der Waals surface area contributed by atoms with E-state index < -0.39 is 34.1 Å². The predicted octanol–water partition coefficient (Wildman–Crippen LogP) is 3.44. The van der Waals surface area contributed by atoms with Gasteiger partial charge in [-0.3, -0.25) is 4.79 Å². The second-order valence-electron chi connectivity index (χ2n) is 5.16. The topological polar surface area (TPSA) is 89.5 Å². The summed E-state index contributed by atoms with van der Waals surface area (Å²) >= 11 is 8.96. The minimum Gasteiger partial charge on any atom is -0.452 e. The molecule has 0 aliphatic rings. The molecule has 0 spiro atoms. The summed E-state index contributed by atoms with van der Waals surface area (Å²) in [5, 5.41) is 2.23. The Morgan fingerprint density at radius 2 is 1.92 bits per heavy atom. The van der Waals surface area contributed by atoms with E-state index in [-0.39, 0.29) is 21.2 Å². The number of hydrogen-bond donors (Lipinski definition) is 1. The summed E-state index contributed by atoms with van der Waals surface area (Å²) in [4.78, 5) is 23.7. The third kappa shape index (κ3) is 5.26. The van der Waals surface area contributed by atoms with Crippen molar-refractivity contribution in [3.8, 4) is 0 Å². The van der Waals surface area contributed by atoms with Gasteiger partial charge in [0.1, 0.15) is 5.82 Å². The van der Waals surface area contributed by atoms with Crippen molar-refractivity contribution in [2.45, 2.75) is 4.90 Å². The third-order valence-corrected chi connectivity index (χ3v) is 5.06. The number of halogens is 3. The maximum absolute atomic E-state index is 13.7. The molecule has 0 fully saturated rings. The highest BCUT2D eigenvalue weighted by Crippen LogP contribution is 2.22. The summed E-state index contributed by atoms with van der Waals surface area (Å²) in [6.07, 6.45) is 0.978. The molecule has 0 aliphatic heterocycles. The lowest BCUT2D eigenvalue weighted by atomic mass is 10.2. The lowest BCUT2D eigenvalue weighted by molar-refractivity contribution is -0.119. The van der Waals surface area contributed by atoms with Gasteiger partial charge in [-0.2, -0.15) is 0 Å². The quantitative estimate of drug-likeness (QED) is 0.685. The van der Waals surface area contributed by atoms with Gasteiger partial charge in [-0.15, -0.1) is 0 Å². The van der Waals surface area contributed by atoms with Gasteiger partial charge < -0.3 is 10.1 Å². The van der Waals surface area contributed by atoms with Crippen LogP contribution in [0, 0.1) is 5.82 Å². The number of benzene rings is 2. The van der Waals surface area contributed by atoms with Crippen molar-refractivity contribution in [1.82, 2.24) is 0 Å². The van der Waals surface area contributed by atoms with Crippen molar-refractivity contribution in [2.75, 3.05) is 18.2 Å². The van der Waals surface area contributed by atoms with Crippen molar-refractivity contribution in [3.63, 3.8) is 0 Å². The number of carbonyl (C=O) groups excluding carboxylic acids is 2. The first kappa shape index (κ1) is 20.3. The fourth-order valence-electron chi connectivity index (χ4n) is 1.88. The van der Waals surface area contributed by atoms with Crippen LogP contribution in [0.15, 0.2) is 45.8 Å². The number of nitrogens with one attached hydrogen (secondary N) is 1. The van der Waals surface area contributed by atoms with Gasteiger partial charge in [-0.05, 0) is 36.4 Å². The molecule has 2 aromatic carbocycles. The van der Waals surface area contributed by atoms with Crippen LogP contribution in [0.2, 0.25) is 5.02 Å². The molecule has 0 saturated carbocycles. The van der Waals surface area contributed by atoms with Crippen molar-refractivity contribution < 1.29 is 27.1 Å². The summed E-state index contributed by atoms with van der Waals surface area (Å²) in [7, 11) is -3.55. The van der Waals surface area contributed by atoms with Gasteiger partial charge in [-0.1, -0.05) is 27.5 Å². The third-order valence-electron chi connectivity index (χ3n) is 3.13. The van der Waals surface area contributed by atoms with Crippen molar-refractivity contribution >= 4 is 54.9 Å². The zero-order valence-corrected chi connectivity index (χ0v) is 16.4. The summed E-state index contributed by atoms with van der Waals surface area (Å²) in [6.45, 7) is -0.701. The van der Waals surface area contributed by atoms with Crippen LogP contribution in [0.5, 0.6) is 0 Å². The van der Waals surface area contributed by atoms with Crippen molar-refractivity contribution in [3.05, 3.63) is 57.3 Å². The normalized spacial score (nSPS) is 11.1. The molecule has 2 aromatic rings. The molecule has 10 heteroatoms. The van der Waals surface area contributed by atoms with Crippen LogP contribution in [-0.4, -0.2) is 33.2 Å². The van der Waals surface area contributed by atoms with Crippen LogP contribution >= 0.6 is 27.5 Å². The second-order valence-corrected chi connectivity index (χ2v) is 8.50. The van der Waals surface area contributed by atoms with E-state index in [1.807, 2.05) is 0 Å². The van der Waals surface area contributed by atoms with Crippen LogP contribution in [0.4, 0.5) is 10.1 Å². The van der Waals surface area contributed by atoms with Gasteiger partial charge in [0.2, 0.25) is 0 Å². The molecule has 0 unspecified atom stereocenters. The minimum atomic E-state index is -3.55. The van der Waals surface area contributed by atoms with Crippen molar-refractivity contribution in [1.29, 1.82) is 0 Å². The Balaban J connectivity index is 2.05. The molecule has 26 heavy (non-hydrogen) atoms. The van der Waals surface area contributed by atoms with Crippen LogP contribution < -0.4 is 5.32 Å². The Labute approximate surface area is 162 Å². The van der Waals surface area contributed by atoms with E-state index in [4.69, 9.17) is 16.3 Å². The predicted molar refractivity (Wildman–Crippen MR) is 97.6 cm³/mol. The molecular weight excluding hydrogens is 453 g/mol. The first-order valence-corrected chi connectivity index (χ1v) is 10.1. The number of esters is 1. The molecule has 0 saturated heterocycles. The molecule has 0 bridgehead atoms. The molecule has 0 aliphatic carbocycles. The number of ether oxygens (including phenoxy) is 1. The van der Waals surface area contributed by atoms with Gasteiger partial charge in [0.15, 0.2) is 16.4 Å². The number of hydrogen-bond acceptors (Lipinski definition) is 5. The Kier molecular flexibility index (Phi) is 6.38. The highest BCUT2D eigenvalue weighted by atomic mass is 79.9. The van der Waals surface area contributed by atoms with Crippen molar-refractivity contribution in [2.24, 2.45) is 0 Å². The molecule has 6 nitrogen and oxygen atoms in total. The Morgan fingerprint density at radius 1 is 1.23 bits per heavy atom. The largest absolute Gasteiger partial charge is 0.452 e. The molecule has 0 atom stereocenters. The van der Waals surface area contributed by atoms with E-state index in [9.17, 15) is 22.4 Å². The van der Waals surface area contributed by atoms with Crippen LogP contribution in [0.25, 0.3) is 0 Å². The minimum absolute atomic E-state index is 0.0261. The molecular formula is C16H12BrClFNO5S. The number of anilines is 1. The van der Waals surface area contributed by atoms with Crippen LogP contribution in [0.1, 0.15) is 10.4 Å². The highest BCUT2D eigenvalue weighted by molar-refractivity contribution is 9.10. The second kappa shape index (κ2) is 8.15. The molecule has 1 amide bonds. The van der Waals surface area contributed by atoms with Gasteiger partial charge >= 0.3 is 5.97 Å². The van der Waals surface area contributed by atoms with Crippen LogP contribution in [0.3, 0.4) is 0 Å². The zero-order chi connectivity index (χ0) is 19.5. The Hall–Kier alpha value is -1.97. The highest BCUT2D eigenvalue weighted by Gasteiger charge is 2.18. The molecule has 0 heterocycles. The Morgan fingerprint density at radius 3 is 2.54 bits per heavy atom. The van der Waals surface area contributed by atoms with Gasteiger partial charge in [0, 0.05) is 10.7 Å². The number of amides is 1. The number of carbonyl (C=O) groups is 2. The van der Waals surface area contributed by atoms with Gasteiger partial charge in [0.25, 0.3) is 5.91 Å².